The van der Waals surface area contributed by atoms with Crippen molar-refractivity contribution in [3.63, 3.8) is 0 Å². The summed E-state index contributed by atoms with van der Waals surface area (Å²) in [5.41, 5.74) is 1.81. The van der Waals surface area contributed by atoms with Crippen LogP contribution in [0.1, 0.15) is 6.42 Å². The van der Waals surface area contributed by atoms with E-state index in [2.05, 4.69) is 0 Å². The predicted octanol–water partition coefficient (Wildman–Crippen LogP) is 3.03. The molecule has 0 fully saturated rings. The molecule has 1 aliphatic heterocycles. The first-order valence-electron chi connectivity index (χ1n) is 6.69. The molecule has 8 heteroatoms. The van der Waals surface area contributed by atoms with Crippen molar-refractivity contribution in [2.45, 2.75) is 6.42 Å². The van der Waals surface area contributed by atoms with Crippen LogP contribution in [-0.2, 0) is 9.36 Å². The second-order valence-electron chi connectivity index (χ2n) is 4.59. The first-order chi connectivity index (χ1) is 11.0. The van der Waals surface area contributed by atoms with Crippen molar-refractivity contribution in [2.75, 3.05) is 11.4 Å². The van der Waals surface area contributed by atoms with Crippen LogP contribution in [0, 0.1) is 0 Å². The van der Waals surface area contributed by atoms with E-state index in [1.54, 1.807) is 0 Å². The van der Waals surface area contributed by atoms with Crippen LogP contribution in [-0.4, -0.2) is 27.4 Å². The molecular formula is C15H15NO6P+. The number of rotatable bonds is 3. The SMILES string of the molecule is O=C(O)CCN1c2ccccc2Oc2ccccc21.O=[P+](O)O. The smallest absolute Gasteiger partial charge is 0.481 e. The lowest BCUT2D eigenvalue weighted by Gasteiger charge is -2.32. The second kappa shape index (κ2) is 7.69. The molecular weight excluding hydrogens is 321 g/mol. The number of anilines is 2. The van der Waals surface area contributed by atoms with Crippen LogP contribution in [0.2, 0.25) is 0 Å². The Hall–Kier alpha value is -2.47. The number of fused-ring (bicyclic) bond motifs is 2. The van der Waals surface area contributed by atoms with E-state index < -0.39 is 14.2 Å². The molecule has 120 valence electrons. The van der Waals surface area contributed by atoms with Gasteiger partial charge in [-0.1, -0.05) is 24.3 Å². The summed E-state index contributed by atoms with van der Waals surface area (Å²) in [7, 11) is -2.87. The molecule has 0 saturated carbocycles. The van der Waals surface area contributed by atoms with Crippen LogP contribution in [0.4, 0.5) is 11.4 Å². The molecule has 0 saturated heterocycles. The third-order valence-electron chi connectivity index (χ3n) is 3.08. The molecule has 1 aliphatic rings. The van der Waals surface area contributed by atoms with Crippen molar-refractivity contribution in [1.29, 1.82) is 0 Å². The summed E-state index contributed by atoms with van der Waals surface area (Å²) >= 11 is 0. The fraction of sp³-hybridized carbons (Fsp3) is 0.133. The fourth-order valence-electron chi connectivity index (χ4n) is 2.23. The van der Waals surface area contributed by atoms with E-state index in [0.29, 0.717) is 6.54 Å². The number of hydrogen-bond donors (Lipinski definition) is 3. The molecule has 7 nitrogen and oxygen atoms in total. The first-order valence-corrected chi connectivity index (χ1v) is 7.86. The number of ether oxygens (including phenoxy) is 1. The summed E-state index contributed by atoms with van der Waals surface area (Å²) in [6, 6.07) is 15.3. The molecule has 2 aromatic rings. The van der Waals surface area contributed by atoms with Crippen molar-refractivity contribution in [3.05, 3.63) is 48.5 Å². The maximum absolute atomic E-state index is 10.8. The molecule has 0 spiro atoms. The number of carbonyl (C=O) groups is 1. The van der Waals surface area contributed by atoms with Crippen molar-refractivity contribution < 1.29 is 29.0 Å². The minimum atomic E-state index is -2.87. The Bertz CT molecular complexity index is 671. The highest BCUT2D eigenvalue weighted by molar-refractivity contribution is 7.30. The summed E-state index contributed by atoms with van der Waals surface area (Å²) in [4.78, 5) is 27.0. The average molecular weight is 336 g/mol. The Balaban J connectivity index is 0.000000433. The summed E-state index contributed by atoms with van der Waals surface area (Å²) in [6.45, 7) is 0.423. The monoisotopic (exact) mass is 336 g/mol. The third kappa shape index (κ3) is 4.50. The summed E-state index contributed by atoms with van der Waals surface area (Å²) < 4.78 is 14.5. The van der Waals surface area contributed by atoms with Gasteiger partial charge < -0.3 is 14.7 Å². The highest BCUT2D eigenvalue weighted by atomic mass is 31.1. The Labute approximate surface area is 133 Å². The number of aliphatic carboxylic acids is 1. The third-order valence-corrected chi connectivity index (χ3v) is 3.08. The van der Waals surface area contributed by atoms with Gasteiger partial charge in [0.15, 0.2) is 11.5 Å². The molecule has 3 rings (SSSR count). The molecule has 23 heavy (non-hydrogen) atoms. The van der Waals surface area contributed by atoms with Crippen molar-refractivity contribution in [3.8, 4) is 11.5 Å². The normalized spacial score (nSPS) is 11.3. The molecule has 3 N–H and O–H groups in total. The maximum atomic E-state index is 10.8. The van der Waals surface area contributed by atoms with Gasteiger partial charge in [0.2, 0.25) is 0 Å². The van der Waals surface area contributed by atoms with Crippen LogP contribution in [0.15, 0.2) is 48.5 Å². The van der Waals surface area contributed by atoms with Gasteiger partial charge in [-0.2, -0.15) is 0 Å². The van der Waals surface area contributed by atoms with Gasteiger partial charge in [0.1, 0.15) is 0 Å². The number of nitrogens with zero attached hydrogens (tertiary/aromatic N) is 1. The van der Waals surface area contributed by atoms with Crippen molar-refractivity contribution >= 4 is 25.6 Å². The largest absolute Gasteiger partial charge is 0.692 e. The minimum absolute atomic E-state index is 0.0860. The lowest BCUT2D eigenvalue weighted by molar-refractivity contribution is -0.136. The molecule has 0 aromatic heterocycles. The average Bonchev–Trinajstić information content (AvgIpc) is 2.50. The lowest BCUT2D eigenvalue weighted by atomic mass is 10.1. The summed E-state index contributed by atoms with van der Waals surface area (Å²) in [5, 5.41) is 8.88. The molecule has 2 aromatic carbocycles. The van der Waals surface area contributed by atoms with E-state index in [9.17, 15) is 4.79 Å². The number of benzene rings is 2. The Morgan fingerprint density at radius 3 is 1.87 bits per heavy atom. The summed E-state index contributed by atoms with van der Waals surface area (Å²) in [6.07, 6.45) is 0.0860. The lowest BCUT2D eigenvalue weighted by Crippen LogP contribution is -2.24. The topological polar surface area (TPSA) is 107 Å². The van der Waals surface area contributed by atoms with Gasteiger partial charge in [-0.05, 0) is 24.3 Å². The Morgan fingerprint density at radius 2 is 1.43 bits per heavy atom. The highest BCUT2D eigenvalue weighted by Crippen LogP contribution is 2.46. The number of hydrogen-bond acceptors (Lipinski definition) is 4. The van der Waals surface area contributed by atoms with Gasteiger partial charge >= 0.3 is 14.2 Å². The van der Waals surface area contributed by atoms with Crippen molar-refractivity contribution in [2.24, 2.45) is 0 Å². The molecule has 0 bridgehead atoms. The molecule has 0 unspecified atom stereocenters. The van der Waals surface area contributed by atoms with Gasteiger partial charge in [-0.3, -0.25) is 4.79 Å². The molecule has 0 amide bonds. The quantitative estimate of drug-likeness (QED) is 0.739. The predicted molar refractivity (Wildman–Crippen MR) is 84.3 cm³/mol. The maximum Gasteiger partial charge on any atom is 0.692 e. The highest BCUT2D eigenvalue weighted by Gasteiger charge is 2.23. The zero-order valence-corrected chi connectivity index (χ0v) is 12.9. The van der Waals surface area contributed by atoms with Crippen molar-refractivity contribution in [1.82, 2.24) is 0 Å². The van der Waals surface area contributed by atoms with Gasteiger partial charge in [0.25, 0.3) is 0 Å². The fourth-order valence-corrected chi connectivity index (χ4v) is 2.23. The number of para-hydroxylation sites is 4. The number of carboxylic acids is 1. The van der Waals surface area contributed by atoms with Crippen LogP contribution < -0.4 is 9.64 Å². The van der Waals surface area contributed by atoms with Crippen LogP contribution in [0.25, 0.3) is 0 Å². The van der Waals surface area contributed by atoms with Gasteiger partial charge in [-0.25, -0.2) is 0 Å². The van der Waals surface area contributed by atoms with Gasteiger partial charge in [-0.15, -0.1) is 9.79 Å². The Morgan fingerprint density at radius 1 is 1.00 bits per heavy atom. The zero-order chi connectivity index (χ0) is 16.8. The van der Waals surface area contributed by atoms with Gasteiger partial charge in [0.05, 0.1) is 17.8 Å². The molecule has 0 aliphatic carbocycles. The van der Waals surface area contributed by atoms with E-state index >= 15 is 0 Å². The van der Waals surface area contributed by atoms with Crippen LogP contribution in [0.5, 0.6) is 11.5 Å². The molecule has 1 heterocycles. The van der Waals surface area contributed by atoms with Crippen LogP contribution in [0.3, 0.4) is 0 Å². The summed E-state index contributed by atoms with van der Waals surface area (Å²) in [5.74, 6) is 0.708. The minimum Gasteiger partial charge on any atom is -0.481 e. The van der Waals surface area contributed by atoms with E-state index in [0.717, 1.165) is 22.9 Å². The first kappa shape index (κ1) is 16.9. The molecule has 0 atom stereocenters. The van der Waals surface area contributed by atoms with E-state index in [-0.39, 0.29) is 6.42 Å². The number of carboxylic acid groups (broad SMARTS) is 1. The van der Waals surface area contributed by atoms with E-state index in [1.807, 2.05) is 53.4 Å². The van der Waals surface area contributed by atoms with Crippen LogP contribution >= 0.6 is 8.25 Å². The zero-order valence-electron chi connectivity index (χ0n) is 12.0. The standard InChI is InChI=1S/C15H13NO3.HO3P/c17-15(18)9-10-16-11-5-1-3-7-13(11)19-14-8-4-2-6-12(14)16;1-4(2)3/h1-8H,9-10H2,(H,17,18);(H-,1,2,3)/p+1. The molecule has 0 radical (unpaired) electrons. The van der Waals surface area contributed by atoms with E-state index in [1.165, 1.54) is 0 Å². The Kier molecular flexibility index (Phi) is 5.65. The second-order valence-corrected chi connectivity index (χ2v) is 5.09. The van der Waals surface area contributed by atoms with Gasteiger partial charge in [0, 0.05) is 11.1 Å². The van der Waals surface area contributed by atoms with E-state index in [4.69, 9.17) is 24.2 Å².